The lowest BCUT2D eigenvalue weighted by Crippen LogP contribution is -2.36. The smallest absolute Gasteiger partial charge is 0.257 e. The van der Waals surface area contributed by atoms with Gasteiger partial charge in [0.1, 0.15) is 11.5 Å². The predicted octanol–water partition coefficient (Wildman–Crippen LogP) is 3.78. The highest BCUT2D eigenvalue weighted by atomic mass is 127. The summed E-state index contributed by atoms with van der Waals surface area (Å²) in [4.78, 5) is 15.9. The van der Waals surface area contributed by atoms with Gasteiger partial charge in [0.05, 0.1) is 6.61 Å². The summed E-state index contributed by atoms with van der Waals surface area (Å²) in [6.45, 7) is 8.51. The van der Waals surface area contributed by atoms with Gasteiger partial charge in [-0.2, -0.15) is 0 Å². The first-order valence-corrected chi connectivity index (χ1v) is 10.7. The minimum Gasteiger partial charge on any atom is -0.493 e. The highest BCUT2D eigenvalue weighted by molar-refractivity contribution is 14.0. The van der Waals surface area contributed by atoms with Crippen LogP contribution < -0.4 is 25.4 Å². The molecular weight excluding hydrogens is 519 g/mol. The maximum Gasteiger partial charge on any atom is 0.257 e. The molecule has 1 amide bonds. The fourth-order valence-corrected chi connectivity index (χ4v) is 2.88. The molecule has 0 bridgehead atoms. The molecule has 0 atom stereocenters. The minimum atomic E-state index is -0.131. The van der Waals surface area contributed by atoms with Gasteiger partial charge in [-0.25, -0.2) is 0 Å². The second-order valence-corrected chi connectivity index (χ2v) is 7.13. The van der Waals surface area contributed by atoms with Crippen molar-refractivity contribution < 1.29 is 14.3 Å². The van der Waals surface area contributed by atoms with Gasteiger partial charge in [0.15, 0.2) is 12.6 Å². The Morgan fingerprint density at radius 2 is 1.78 bits per heavy atom. The van der Waals surface area contributed by atoms with Crippen LogP contribution in [0.15, 0.2) is 47.5 Å². The van der Waals surface area contributed by atoms with Crippen LogP contribution in [0.1, 0.15) is 37.0 Å². The van der Waals surface area contributed by atoms with E-state index >= 15 is 0 Å². The Labute approximate surface area is 208 Å². The molecular formula is C24H35IN4O3. The first kappa shape index (κ1) is 27.5. The number of aliphatic imine (C=N–C) groups is 1. The number of guanidine groups is 1. The number of nitrogens with zero attached hydrogens (tertiary/aromatic N) is 1. The summed E-state index contributed by atoms with van der Waals surface area (Å²) in [5.41, 5.74) is 3.29. The fourth-order valence-electron chi connectivity index (χ4n) is 2.88. The number of likely N-dealkylation sites (N-methyl/N-ethyl adjacent to an activating group) is 1. The molecule has 0 saturated heterocycles. The van der Waals surface area contributed by atoms with Crippen molar-refractivity contribution in [2.75, 3.05) is 26.8 Å². The lowest BCUT2D eigenvalue weighted by molar-refractivity contribution is -0.122. The zero-order valence-electron chi connectivity index (χ0n) is 19.4. The Kier molecular flexibility index (Phi) is 13.2. The normalized spacial score (nSPS) is 10.7. The van der Waals surface area contributed by atoms with Crippen molar-refractivity contribution in [3.05, 3.63) is 59.2 Å². The highest BCUT2D eigenvalue weighted by Gasteiger charge is 2.07. The van der Waals surface area contributed by atoms with E-state index in [1.165, 1.54) is 5.56 Å². The molecule has 0 saturated carbocycles. The lowest BCUT2D eigenvalue weighted by atomic mass is 10.1. The van der Waals surface area contributed by atoms with Gasteiger partial charge < -0.3 is 25.4 Å². The van der Waals surface area contributed by atoms with Gasteiger partial charge in [0.25, 0.3) is 5.91 Å². The highest BCUT2D eigenvalue weighted by Crippen LogP contribution is 2.20. The van der Waals surface area contributed by atoms with E-state index in [1.54, 1.807) is 7.05 Å². The molecule has 0 fully saturated rings. The standard InChI is InChI=1S/C24H34N4O3.HI/c1-5-12-30-22-13-18(3)10-11-20(22)16-28-24(25-4)27-15-19-8-7-9-21(14-19)31-17-23(29)26-6-2;/h7-11,13-14H,5-6,12,15-17H2,1-4H3,(H,26,29)(H2,25,27,28);1H. The minimum absolute atomic E-state index is 0. The summed E-state index contributed by atoms with van der Waals surface area (Å²) in [7, 11) is 1.74. The maximum atomic E-state index is 11.6. The maximum absolute atomic E-state index is 11.6. The molecule has 0 heterocycles. The Bertz CT molecular complexity index is 874. The molecule has 0 radical (unpaired) electrons. The van der Waals surface area contributed by atoms with Crippen LogP contribution in [-0.4, -0.2) is 38.7 Å². The number of ether oxygens (including phenoxy) is 2. The number of rotatable bonds is 11. The van der Waals surface area contributed by atoms with E-state index in [1.807, 2.05) is 31.2 Å². The number of halogens is 1. The summed E-state index contributed by atoms with van der Waals surface area (Å²) >= 11 is 0. The van der Waals surface area contributed by atoms with Crippen LogP contribution in [0.4, 0.5) is 0 Å². The molecule has 32 heavy (non-hydrogen) atoms. The van der Waals surface area contributed by atoms with E-state index in [0.29, 0.717) is 38.0 Å². The summed E-state index contributed by atoms with van der Waals surface area (Å²) in [5.74, 6) is 2.12. The molecule has 176 valence electrons. The molecule has 0 aliphatic carbocycles. The molecule has 2 rings (SSSR count). The van der Waals surface area contributed by atoms with E-state index in [9.17, 15) is 4.79 Å². The van der Waals surface area contributed by atoms with E-state index in [4.69, 9.17) is 9.47 Å². The first-order valence-electron chi connectivity index (χ1n) is 10.7. The molecule has 0 unspecified atom stereocenters. The van der Waals surface area contributed by atoms with Crippen molar-refractivity contribution in [1.82, 2.24) is 16.0 Å². The summed E-state index contributed by atoms with van der Waals surface area (Å²) < 4.78 is 11.4. The van der Waals surface area contributed by atoms with Gasteiger partial charge in [-0.1, -0.05) is 31.2 Å². The molecule has 7 nitrogen and oxygen atoms in total. The van der Waals surface area contributed by atoms with Crippen molar-refractivity contribution in [3.8, 4) is 11.5 Å². The number of amides is 1. The SMILES string of the molecule is CCCOc1cc(C)ccc1CNC(=NC)NCc1cccc(OCC(=O)NCC)c1.I. The number of nitrogens with one attached hydrogen (secondary N) is 3. The second-order valence-electron chi connectivity index (χ2n) is 7.13. The molecule has 0 aliphatic rings. The number of carbonyl (C=O) groups excluding carboxylic acids is 1. The third-order valence-electron chi connectivity index (χ3n) is 4.46. The van der Waals surface area contributed by atoms with Gasteiger partial charge in [-0.05, 0) is 49.6 Å². The van der Waals surface area contributed by atoms with Crippen molar-refractivity contribution in [2.24, 2.45) is 4.99 Å². The van der Waals surface area contributed by atoms with Crippen LogP contribution in [0.3, 0.4) is 0 Å². The lowest BCUT2D eigenvalue weighted by Gasteiger charge is -2.15. The van der Waals surface area contributed by atoms with E-state index in [-0.39, 0.29) is 36.5 Å². The number of aryl methyl sites for hydroxylation is 1. The van der Waals surface area contributed by atoms with Crippen LogP contribution in [0.5, 0.6) is 11.5 Å². The number of hydrogen-bond acceptors (Lipinski definition) is 4. The van der Waals surface area contributed by atoms with Crippen LogP contribution in [0.25, 0.3) is 0 Å². The van der Waals surface area contributed by atoms with E-state index in [0.717, 1.165) is 23.3 Å². The van der Waals surface area contributed by atoms with Gasteiger partial charge in [-0.3, -0.25) is 9.79 Å². The monoisotopic (exact) mass is 554 g/mol. The number of carbonyl (C=O) groups is 1. The van der Waals surface area contributed by atoms with Crippen molar-refractivity contribution in [1.29, 1.82) is 0 Å². The van der Waals surface area contributed by atoms with Crippen LogP contribution in [-0.2, 0) is 17.9 Å². The summed E-state index contributed by atoms with van der Waals surface area (Å²) in [5, 5.41) is 9.36. The molecule has 3 N–H and O–H groups in total. The van der Waals surface area contributed by atoms with E-state index in [2.05, 4.69) is 53.0 Å². The van der Waals surface area contributed by atoms with Crippen LogP contribution in [0, 0.1) is 6.92 Å². The first-order chi connectivity index (χ1) is 15.0. The third-order valence-corrected chi connectivity index (χ3v) is 4.46. The Balaban J connectivity index is 0.00000512. The molecule has 0 spiro atoms. The third kappa shape index (κ3) is 9.76. The second kappa shape index (κ2) is 15.3. The largest absolute Gasteiger partial charge is 0.493 e. The summed E-state index contributed by atoms with van der Waals surface area (Å²) in [6.07, 6.45) is 0.968. The Morgan fingerprint density at radius 1 is 1.00 bits per heavy atom. The Morgan fingerprint density at radius 3 is 2.50 bits per heavy atom. The topological polar surface area (TPSA) is 84.0 Å². The molecule has 2 aromatic rings. The van der Waals surface area contributed by atoms with Crippen molar-refractivity contribution >= 4 is 35.8 Å². The number of hydrogen-bond donors (Lipinski definition) is 3. The Hall–Kier alpha value is -2.49. The van der Waals surface area contributed by atoms with Crippen molar-refractivity contribution in [3.63, 3.8) is 0 Å². The number of benzene rings is 2. The predicted molar refractivity (Wildman–Crippen MR) is 140 cm³/mol. The van der Waals surface area contributed by atoms with E-state index < -0.39 is 0 Å². The average molecular weight is 554 g/mol. The van der Waals surface area contributed by atoms with Crippen LogP contribution in [0.2, 0.25) is 0 Å². The fraction of sp³-hybridized carbons (Fsp3) is 0.417. The van der Waals surface area contributed by atoms with Gasteiger partial charge in [0.2, 0.25) is 0 Å². The molecule has 0 aliphatic heterocycles. The molecule has 2 aromatic carbocycles. The van der Waals surface area contributed by atoms with Crippen molar-refractivity contribution in [2.45, 2.75) is 40.3 Å². The van der Waals surface area contributed by atoms with Crippen LogP contribution >= 0.6 is 24.0 Å². The zero-order valence-corrected chi connectivity index (χ0v) is 21.7. The molecule has 0 aromatic heterocycles. The van der Waals surface area contributed by atoms with Gasteiger partial charge >= 0.3 is 0 Å². The average Bonchev–Trinajstić information content (AvgIpc) is 2.78. The van der Waals surface area contributed by atoms with Gasteiger partial charge in [-0.15, -0.1) is 24.0 Å². The molecule has 8 heteroatoms. The zero-order chi connectivity index (χ0) is 22.5. The van der Waals surface area contributed by atoms with Gasteiger partial charge in [0, 0.05) is 32.2 Å². The quantitative estimate of drug-likeness (QED) is 0.224. The summed E-state index contributed by atoms with van der Waals surface area (Å²) in [6, 6.07) is 13.9.